The summed E-state index contributed by atoms with van der Waals surface area (Å²) in [6.07, 6.45) is 7.03. The molecule has 1 saturated carbocycles. The van der Waals surface area contributed by atoms with Gasteiger partial charge in [-0.2, -0.15) is 0 Å². The number of benzene rings is 2. The molecule has 27 heavy (non-hydrogen) atoms. The smallest absolute Gasteiger partial charge is 0.174 e. The van der Waals surface area contributed by atoms with Crippen LogP contribution in [0.25, 0.3) is 10.9 Å². The molecule has 0 atom stereocenters. The zero-order chi connectivity index (χ0) is 18.6. The molecule has 0 aliphatic heterocycles. The highest BCUT2D eigenvalue weighted by molar-refractivity contribution is 7.80. The number of aromatic amines is 1. The number of nitrogens with zero attached hydrogens (tertiary/aromatic N) is 1. The number of H-pyrrole nitrogens is 1. The summed E-state index contributed by atoms with van der Waals surface area (Å²) in [7, 11) is 1.68. The van der Waals surface area contributed by atoms with Crippen LogP contribution in [0.4, 0.5) is 5.69 Å². The topological polar surface area (TPSA) is 40.3 Å². The minimum absolute atomic E-state index is 0.480. The third-order valence-electron chi connectivity index (χ3n) is 5.39. The Kier molecular flexibility index (Phi) is 5.30. The zero-order valence-corrected chi connectivity index (χ0v) is 16.4. The molecule has 1 heterocycles. The Labute approximate surface area is 165 Å². The van der Waals surface area contributed by atoms with Gasteiger partial charge in [0.25, 0.3) is 0 Å². The summed E-state index contributed by atoms with van der Waals surface area (Å²) >= 11 is 5.85. The van der Waals surface area contributed by atoms with Crippen molar-refractivity contribution in [2.45, 2.75) is 38.3 Å². The number of hydrogen-bond acceptors (Lipinski definition) is 2. The van der Waals surface area contributed by atoms with E-state index in [0.29, 0.717) is 6.04 Å². The summed E-state index contributed by atoms with van der Waals surface area (Å²) in [4.78, 5) is 5.73. The van der Waals surface area contributed by atoms with Crippen LogP contribution in [-0.2, 0) is 6.54 Å². The van der Waals surface area contributed by atoms with E-state index in [1.165, 1.54) is 42.1 Å². The lowest BCUT2D eigenvalue weighted by molar-refractivity contribution is 0.313. The van der Waals surface area contributed by atoms with Crippen LogP contribution in [0.3, 0.4) is 0 Å². The Hall–Kier alpha value is -2.53. The molecule has 1 aliphatic rings. The fraction of sp³-hybridized carbons (Fsp3) is 0.318. The Morgan fingerprint density at radius 1 is 1.15 bits per heavy atom. The molecule has 140 valence electrons. The second kappa shape index (κ2) is 8.01. The van der Waals surface area contributed by atoms with Crippen molar-refractivity contribution in [1.29, 1.82) is 0 Å². The third kappa shape index (κ3) is 3.78. The number of para-hydroxylation sites is 3. The quantitative estimate of drug-likeness (QED) is 0.589. The van der Waals surface area contributed by atoms with Gasteiger partial charge in [0, 0.05) is 29.7 Å². The van der Waals surface area contributed by atoms with Gasteiger partial charge in [-0.15, -0.1) is 0 Å². The molecule has 3 aromatic rings. The fourth-order valence-electron chi connectivity index (χ4n) is 3.96. The van der Waals surface area contributed by atoms with Crippen LogP contribution in [0.2, 0.25) is 0 Å². The maximum atomic E-state index is 5.85. The summed E-state index contributed by atoms with van der Waals surface area (Å²) in [5.41, 5.74) is 3.36. The van der Waals surface area contributed by atoms with Gasteiger partial charge in [-0.1, -0.05) is 43.2 Å². The van der Waals surface area contributed by atoms with Crippen molar-refractivity contribution in [2.24, 2.45) is 0 Å². The van der Waals surface area contributed by atoms with Gasteiger partial charge in [0.2, 0.25) is 0 Å². The van der Waals surface area contributed by atoms with Crippen LogP contribution < -0.4 is 10.1 Å². The maximum absolute atomic E-state index is 5.85. The van der Waals surface area contributed by atoms with E-state index >= 15 is 0 Å². The lowest BCUT2D eigenvalue weighted by Gasteiger charge is -2.32. The number of anilines is 1. The van der Waals surface area contributed by atoms with Crippen molar-refractivity contribution >= 4 is 33.9 Å². The molecule has 1 aliphatic carbocycles. The van der Waals surface area contributed by atoms with E-state index in [9.17, 15) is 0 Å². The molecule has 2 aromatic carbocycles. The molecule has 4 rings (SSSR count). The molecular formula is C22H25N3OS. The largest absolute Gasteiger partial charge is 0.495 e. The van der Waals surface area contributed by atoms with Crippen molar-refractivity contribution in [1.82, 2.24) is 9.88 Å². The summed E-state index contributed by atoms with van der Waals surface area (Å²) in [6.45, 7) is 0.801. The maximum Gasteiger partial charge on any atom is 0.174 e. The molecule has 1 fully saturated rings. The summed E-state index contributed by atoms with van der Waals surface area (Å²) in [5.74, 6) is 0.804. The first kappa shape index (κ1) is 17.9. The summed E-state index contributed by atoms with van der Waals surface area (Å²) in [6, 6.07) is 16.8. The molecule has 5 heteroatoms. The number of thiocarbonyl (C=S) groups is 1. The number of methoxy groups -OCH3 is 1. The minimum Gasteiger partial charge on any atom is -0.495 e. The normalized spacial score (nSPS) is 14.4. The van der Waals surface area contributed by atoms with Crippen LogP contribution in [-0.4, -0.2) is 28.1 Å². The molecule has 0 spiro atoms. The molecular weight excluding hydrogens is 354 g/mol. The van der Waals surface area contributed by atoms with Crippen molar-refractivity contribution in [3.63, 3.8) is 0 Å². The van der Waals surface area contributed by atoms with Crippen LogP contribution in [0.15, 0.2) is 54.7 Å². The van der Waals surface area contributed by atoms with E-state index in [2.05, 4.69) is 45.7 Å². The van der Waals surface area contributed by atoms with Gasteiger partial charge in [0.1, 0.15) is 5.75 Å². The Morgan fingerprint density at radius 2 is 1.89 bits per heavy atom. The van der Waals surface area contributed by atoms with Crippen molar-refractivity contribution in [3.8, 4) is 5.75 Å². The predicted molar refractivity (Wildman–Crippen MR) is 115 cm³/mol. The number of aromatic nitrogens is 1. The van der Waals surface area contributed by atoms with E-state index in [-0.39, 0.29) is 0 Å². The lowest BCUT2D eigenvalue weighted by atomic mass is 10.1. The van der Waals surface area contributed by atoms with Crippen molar-refractivity contribution < 1.29 is 4.74 Å². The van der Waals surface area contributed by atoms with Crippen LogP contribution in [0.1, 0.15) is 31.2 Å². The highest BCUT2D eigenvalue weighted by Crippen LogP contribution is 2.29. The molecule has 0 radical (unpaired) electrons. The summed E-state index contributed by atoms with van der Waals surface area (Å²) in [5, 5.41) is 5.45. The van der Waals surface area contributed by atoms with Gasteiger partial charge in [-0.05, 0) is 48.8 Å². The van der Waals surface area contributed by atoms with Gasteiger partial charge >= 0.3 is 0 Å². The van der Waals surface area contributed by atoms with E-state index in [4.69, 9.17) is 17.0 Å². The molecule has 4 nitrogen and oxygen atoms in total. The van der Waals surface area contributed by atoms with E-state index in [1.54, 1.807) is 7.11 Å². The molecule has 0 saturated heterocycles. The molecule has 0 bridgehead atoms. The van der Waals surface area contributed by atoms with E-state index in [0.717, 1.165) is 23.1 Å². The van der Waals surface area contributed by atoms with Crippen LogP contribution >= 0.6 is 12.2 Å². The Balaban J connectivity index is 1.60. The van der Waals surface area contributed by atoms with E-state index < -0.39 is 0 Å². The number of nitrogens with one attached hydrogen (secondary N) is 2. The van der Waals surface area contributed by atoms with Gasteiger partial charge in [-0.25, -0.2) is 0 Å². The second-order valence-corrected chi connectivity index (χ2v) is 7.44. The minimum atomic E-state index is 0.480. The standard InChI is InChI=1S/C22H25N3OS/c1-26-21-13-7-6-12-20(21)24-22(27)25(17-8-2-3-9-17)15-16-14-23-19-11-5-4-10-18(16)19/h4-7,10-14,17,23H,2-3,8-9,15H2,1H3,(H,24,27). The molecule has 2 N–H and O–H groups in total. The average molecular weight is 380 g/mol. The van der Waals surface area contributed by atoms with Crippen molar-refractivity contribution in [2.75, 3.05) is 12.4 Å². The highest BCUT2D eigenvalue weighted by Gasteiger charge is 2.26. The number of fused-ring (bicyclic) bond motifs is 1. The summed E-state index contributed by atoms with van der Waals surface area (Å²) < 4.78 is 5.47. The Morgan fingerprint density at radius 3 is 2.70 bits per heavy atom. The fourth-order valence-corrected chi connectivity index (χ4v) is 4.29. The van der Waals surface area contributed by atoms with Crippen LogP contribution in [0.5, 0.6) is 5.75 Å². The highest BCUT2D eigenvalue weighted by atomic mass is 32.1. The van der Waals surface area contributed by atoms with Gasteiger partial charge in [0.15, 0.2) is 5.11 Å². The van der Waals surface area contributed by atoms with Crippen LogP contribution in [0, 0.1) is 0 Å². The third-order valence-corrected chi connectivity index (χ3v) is 5.73. The zero-order valence-electron chi connectivity index (χ0n) is 15.6. The molecule has 1 aromatic heterocycles. The first-order valence-electron chi connectivity index (χ1n) is 9.52. The Bertz CT molecular complexity index is 930. The first-order chi connectivity index (χ1) is 13.3. The number of rotatable bonds is 5. The number of hydrogen-bond donors (Lipinski definition) is 2. The number of ether oxygens (including phenoxy) is 1. The SMILES string of the molecule is COc1ccccc1NC(=S)N(Cc1c[nH]c2ccccc12)C1CCCC1. The van der Waals surface area contributed by atoms with Gasteiger partial charge < -0.3 is 19.9 Å². The second-order valence-electron chi connectivity index (χ2n) is 7.06. The molecule has 0 unspecified atom stereocenters. The van der Waals surface area contributed by atoms with Gasteiger partial charge in [-0.3, -0.25) is 0 Å². The first-order valence-corrected chi connectivity index (χ1v) is 9.92. The van der Waals surface area contributed by atoms with E-state index in [1.807, 2.05) is 24.3 Å². The predicted octanol–water partition coefficient (Wildman–Crippen LogP) is 5.32. The van der Waals surface area contributed by atoms with Crippen molar-refractivity contribution in [3.05, 3.63) is 60.3 Å². The lowest BCUT2D eigenvalue weighted by Crippen LogP contribution is -2.41. The van der Waals surface area contributed by atoms with Gasteiger partial charge in [0.05, 0.1) is 12.8 Å². The monoisotopic (exact) mass is 379 g/mol. The average Bonchev–Trinajstić information content (AvgIpc) is 3.36. The molecule has 0 amide bonds.